The fraction of sp³-hybridized carbons (Fsp3) is 0.294. The smallest absolute Gasteiger partial charge is 0.274 e. The van der Waals surface area contributed by atoms with Gasteiger partial charge >= 0.3 is 0 Å². The fourth-order valence-corrected chi connectivity index (χ4v) is 2.10. The lowest BCUT2D eigenvalue weighted by atomic mass is 10.1. The third-order valence-corrected chi connectivity index (χ3v) is 3.30. The Morgan fingerprint density at radius 1 is 1.27 bits per heavy atom. The second kappa shape index (κ2) is 7.56. The van der Waals surface area contributed by atoms with Crippen LogP contribution in [0.2, 0.25) is 0 Å². The summed E-state index contributed by atoms with van der Waals surface area (Å²) < 4.78 is 0. The molecule has 0 radical (unpaired) electrons. The Bertz CT molecular complexity index is 641. The zero-order chi connectivity index (χ0) is 15.9. The lowest BCUT2D eigenvalue weighted by Crippen LogP contribution is -2.15. The number of benzene rings is 1. The van der Waals surface area contributed by atoms with E-state index in [1.54, 1.807) is 12.3 Å². The van der Waals surface area contributed by atoms with Crippen molar-refractivity contribution in [3.8, 4) is 0 Å². The van der Waals surface area contributed by atoms with Crippen LogP contribution in [0.4, 0.5) is 11.4 Å². The monoisotopic (exact) mass is 299 g/mol. The van der Waals surface area contributed by atoms with Crippen LogP contribution < -0.4 is 10.2 Å². The maximum absolute atomic E-state index is 12.3. The largest absolute Gasteiger partial charge is 0.396 e. The Balaban J connectivity index is 2.10. The lowest BCUT2D eigenvalue weighted by Gasteiger charge is -2.13. The molecule has 1 aromatic heterocycles. The molecule has 0 atom stereocenters. The third kappa shape index (κ3) is 4.30. The van der Waals surface area contributed by atoms with Gasteiger partial charge in [-0.05, 0) is 42.7 Å². The fourth-order valence-electron chi connectivity index (χ4n) is 2.10. The maximum atomic E-state index is 12.3. The summed E-state index contributed by atoms with van der Waals surface area (Å²) in [6, 6.07) is 11.2. The van der Waals surface area contributed by atoms with E-state index >= 15 is 0 Å². The van der Waals surface area contributed by atoms with Crippen LogP contribution in [0.3, 0.4) is 0 Å². The maximum Gasteiger partial charge on any atom is 0.274 e. The SMILES string of the molecule is CN(C)c1ccnc(C(=O)Nc2cccc(CCCO)c2)c1. The van der Waals surface area contributed by atoms with Crippen molar-refractivity contribution in [3.05, 3.63) is 53.9 Å². The molecule has 22 heavy (non-hydrogen) atoms. The predicted octanol–water partition coefficient (Wildman–Crippen LogP) is 2.32. The number of anilines is 2. The number of carbonyl (C=O) groups excluding carboxylic acids is 1. The first-order valence-corrected chi connectivity index (χ1v) is 7.24. The predicted molar refractivity (Wildman–Crippen MR) is 88.4 cm³/mol. The lowest BCUT2D eigenvalue weighted by molar-refractivity contribution is 0.102. The molecule has 0 aliphatic rings. The number of hydrogen-bond donors (Lipinski definition) is 2. The number of aliphatic hydroxyl groups is 1. The molecular weight excluding hydrogens is 278 g/mol. The summed E-state index contributed by atoms with van der Waals surface area (Å²) in [5.41, 5.74) is 3.13. The van der Waals surface area contributed by atoms with Crippen LogP contribution in [0.25, 0.3) is 0 Å². The van der Waals surface area contributed by atoms with E-state index < -0.39 is 0 Å². The average molecular weight is 299 g/mol. The summed E-state index contributed by atoms with van der Waals surface area (Å²) in [4.78, 5) is 18.3. The molecule has 0 spiro atoms. The molecule has 0 bridgehead atoms. The number of aliphatic hydroxyl groups excluding tert-OH is 1. The Labute approximate surface area is 130 Å². The number of nitrogens with zero attached hydrogens (tertiary/aromatic N) is 2. The number of aryl methyl sites for hydroxylation is 1. The summed E-state index contributed by atoms with van der Waals surface area (Å²) in [7, 11) is 3.84. The van der Waals surface area contributed by atoms with Crippen LogP contribution in [0.15, 0.2) is 42.6 Å². The van der Waals surface area contributed by atoms with Crippen LogP contribution in [0.1, 0.15) is 22.5 Å². The van der Waals surface area contributed by atoms with E-state index in [1.165, 1.54) is 0 Å². The van der Waals surface area contributed by atoms with Crippen molar-refractivity contribution >= 4 is 17.3 Å². The number of amides is 1. The first-order chi connectivity index (χ1) is 10.6. The molecule has 0 aliphatic carbocycles. The molecule has 2 N–H and O–H groups in total. The molecule has 0 saturated heterocycles. The summed E-state index contributed by atoms with van der Waals surface area (Å²) in [6.45, 7) is 0.165. The minimum absolute atomic E-state index is 0.165. The van der Waals surface area contributed by atoms with Gasteiger partial charge in [-0.2, -0.15) is 0 Å². The van der Waals surface area contributed by atoms with Gasteiger partial charge in [0.15, 0.2) is 0 Å². The normalized spacial score (nSPS) is 10.3. The van der Waals surface area contributed by atoms with Gasteiger partial charge in [-0.15, -0.1) is 0 Å². The number of hydrogen-bond acceptors (Lipinski definition) is 4. The minimum atomic E-state index is -0.233. The average Bonchev–Trinajstić information content (AvgIpc) is 2.53. The summed E-state index contributed by atoms with van der Waals surface area (Å²) >= 11 is 0. The summed E-state index contributed by atoms with van der Waals surface area (Å²) in [6.07, 6.45) is 3.13. The number of nitrogens with one attached hydrogen (secondary N) is 1. The number of rotatable bonds is 6. The highest BCUT2D eigenvalue weighted by Crippen LogP contribution is 2.15. The number of aromatic nitrogens is 1. The van der Waals surface area contributed by atoms with Crippen molar-refractivity contribution in [1.29, 1.82) is 0 Å². The molecule has 0 unspecified atom stereocenters. The Hall–Kier alpha value is -2.40. The van der Waals surface area contributed by atoms with Crippen molar-refractivity contribution in [3.63, 3.8) is 0 Å². The van der Waals surface area contributed by atoms with Gasteiger partial charge in [-0.25, -0.2) is 0 Å². The van der Waals surface area contributed by atoms with Gasteiger partial charge in [0.1, 0.15) is 5.69 Å². The Morgan fingerprint density at radius 3 is 2.82 bits per heavy atom. The molecule has 0 aliphatic heterocycles. The number of carbonyl (C=O) groups is 1. The van der Waals surface area contributed by atoms with E-state index in [-0.39, 0.29) is 12.5 Å². The third-order valence-electron chi connectivity index (χ3n) is 3.30. The zero-order valence-electron chi connectivity index (χ0n) is 12.9. The van der Waals surface area contributed by atoms with Gasteiger partial charge in [0, 0.05) is 38.3 Å². The molecule has 2 aromatic rings. The summed E-state index contributed by atoms with van der Waals surface area (Å²) in [5, 5.41) is 11.7. The van der Waals surface area contributed by atoms with E-state index in [4.69, 9.17) is 5.11 Å². The van der Waals surface area contributed by atoms with Crippen molar-refractivity contribution < 1.29 is 9.90 Å². The second-order valence-corrected chi connectivity index (χ2v) is 5.28. The van der Waals surface area contributed by atoms with Gasteiger partial charge in [-0.1, -0.05) is 12.1 Å². The van der Waals surface area contributed by atoms with E-state index in [9.17, 15) is 4.79 Å². The summed E-state index contributed by atoms with van der Waals surface area (Å²) in [5.74, 6) is -0.233. The highest BCUT2D eigenvalue weighted by Gasteiger charge is 2.09. The van der Waals surface area contributed by atoms with Crippen molar-refractivity contribution in [2.45, 2.75) is 12.8 Å². The van der Waals surface area contributed by atoms with Crippen LogP contribution >= 0.6 is 0 Å². The molecule has 1 amide bonds. The minimum Gasteiger partial charge on any atom is -0.396 e. The molecule has 1 heterocycles. The zero-order valence-corrected chi connectivity index (χ0v) is 12.9. The highest BCUT2D eigenvalue weighted by molar-refractivity contribution is 6.03. The Kier molecular flexibility index (Phi) is 5.49. The van der Waals surface area contributed by atoms with Gasteiger partial charge < -0.3 is 15.3 Å². The van der Waals surface area contributed by atoms with Crippen LogP contribution in [-0.2, 0) is 6.42 Å². The molecule has 0 fully saturated rings. The van der Waals surface area contributed by atoms with E-state index in [0.717, 1.165) is 23.4 Å². The van der Waals surface area contributed by atoms with Crippen LogP contribution in [0, 0.1) is 0 Å². The van der Waals surface area contributed by atoms with E-state index in [2.05, 4.69) is 10.3 Å². The number of pyridine rings is 1. The molecule has 2 rings (SSSR count). The second-order valence-electron chi connectivity index (χ2n) is 5.28. The van der Waals surface area contributed by atoms with Gasteiger partial charge in [0.2, 0.25) is 0 Å². The quantitative estimate of drug-likeness (QED) is 0.859. The molecule has 5 heteroatoms. The van der Waals surface area contributed by atoms with Crippen molar-refractivity contribution in [2.24, 2.45) is 0 Å². The van der Waals surface area contributed by atoms with Crippen LogP contribution in [-0.4, -0.2) is 36.7 Å². The first-order valence-electron chi connectivity index (χ1n) is 7.24. The van der Waals surface area contributed by atoms with E-state index in [0.29, 0.717) is 12.1 Å². The Morgan fingerprint density at radius 2 is 2.09 bits per heavy atom. The van der Waals surface area contributed by atoms with Crippen LogP contribution in [0.5, 0.6) is 0 Å². The van der Waals surface area contributed by atoms with Crippen molar-refractivity contribution in [1.82, 2.24) is 4.98 Å². The van der Waals surface area contributed by atoms with Crippen molar-refractivity contribution in [2.75, 3.05) is 30.9 Å². The van der Waals surface area contributed by atoms with E-state index in [1.807, 2.05) is 49.3 Å². The molecular formula is C17H21N3O2. The van der Waals surface area contributed by atoms with Gasteiger partial charge in [0.25, 0.3) is 5.91 Å². The molecule has 0 saturated carbocycles. The highest BCUT2D eigenvalue weighted by atomic mass is 16.2. The topological polar surface area (TPSA) is 65.5 Å². The standard InChI is InChI=1S/C17H21N3O2/c1-20(2)15-8-9-18-16(12-15)17(22)19-14-7-3-5-13(11-14)6-4-10-21/h3,5,7-9,11-12,21H,4,6,10H2,1-2H3,(H,19,22). The first kappa shape index (κ1) is 16.0. The molecule has 116 valence electrons. The molecule has 1 aromatic carbocycles. The molecule has 5 nitrogen and oxygen atoms in total. The van der Waals surface area contributed by atoms with Gasteiger partial charge in [-0.3, -0.25) is 9.78 Å². The van der Waals surface area contributed by atoms with Gasteiger partial charge in [0.05, 0.1) is 0 Å².